The van der Waals surface area contributed by atoms with Gasteiger partial charge in [0.15, 0.2) is 0 Å². The molecule has 0 amide bonds. The van der Waals surface area contributed by atoms with Crippen LogP contribution in [0.3, 0.4) is 0 Å². The molecule has 0 aromatic carbocycles. The molecular weight excluding hydrogens is 214 g/mol. The summed E-state index contributed by atoms with van der Waals surface area (Å²) in [5.41, 5.74) is 0.120. The number of carbonyl (C=O) groups is 1. The topological polar surface area (TPSA) is 43.4 Å². The van der Waals surface area contributed by atoms with E-state index in [1.54, 1.807) is 0 Å². The van der Waals surface area contributed by atoms with E-state index in [9.17, 15) is 9.90 Å². The van der Waals surface area contributed by atoms with Crippen LogP contribution in [0.15, 0.2) is 0 Å². The molecule has 104 valence electrons. The van der Waals surface area contributed by atoms with Crippen molar-refractivity contribution >= 4 is 5.97 Å². The second-order valence-electron chi connectivity index (χ2n) is 5.42. The maximum Gasteiger partial charge on any atom is 0.0417 e. The van der Waals surface area contributed by atoms with E-state index in [4.69, 9.17) is 0 Å². The van der Waals surface area contributed by atoms with Gasteiger partial charge in [-0.3, -0.25) is 0 Å². The lowest BCUT2D eigenvalue weighted by Crippen LogP contribution is -2.31. The maximum atomic E-state index is 10.4. The lowest BCUT2D eigenvalue weighted by Gasteiger charge is -2.33. The molecule has 0 heterocycles. The predicted octanol–water partition coefficient (Wildman–Crippen LogP) is 2.16. The molecule has 0 N–H and O–H groups in total. The molecule has 0 aromatic heterocycles. The number of carboxylic acids is 1. The van der Waals surface area contributed by atoms with Crippen molar-refractivity contribution in [2.75, 3.05) is 20.6 Å². The first-order chi connectivity index (χ1) is 7.71. The van der Waals surface area contributed by atoms with Crippen molar-refractivity contribution in [3.05, 3.63) is 0 Å². The molecule has 0 saturated carbocycles. The Morgan fingerprint density at radius 2 is 1.65 bits per heavy atom. The number of rotatable bonds is 6. The second kappa shape index (κ2) is 9.46. The van der Waals surface area contributed by atoms with Crippen LogP contribution in [-0.4, -0.2) is 31.5 Å². The zero-order chi connectivity index (χ0) is 14.1. The molecule has 0 rings (SSSR count). The molecule has 3 nitrogen and oxygen atoms in total. The fourth-order valence-electron chi connectivity index (χ4n) is 1.46. The van der Waals surface area contributed by atoms with Gasteiger partial charge in [-0.05, 0) is 38.4 Å². The third-order valence-corrected chi connectivity index (χ3v) is 3.55. The van der Waals surface area contributed by atoms with Gasteiger partial charge in [-0.15, -0.1) is 0 Å². The van der Waals surface area contributed by atoms with E-state index in [1.165, 1.54) is 0 Å². The minimum atomic E-state index is -0.927. The Labute approximate surface area is 107 Å². The maximum absolute atomic E-state index is 10.4. The Morgan fingerprint density at radius 1 is 1.24 bits per heavy atom. The molecule has 0 aliphatic rings. The van der Waals surface area contributed by atoms with Gasteiger partial charge in [0.2, 0.25) is 0 Å². The molecule has 0 spiro atoms. The van der Waals surface area contributed by atoms with Gasteiger partial charge in [0, 0.05) is 5.97 Å². The normalized spacial score (nSPS) is 12.9. The van der Waals surface area contributed by atoms with Crippen LogP contribution in [0.5, 0.6) is 0 Å². The molecule has 0 aliphatic carbocycles. The highest BCUT2D eigenvalue weighted by molar-refractivity contribution is 5.64. The van der Waals surface area contributed by atoms with Crippen molar-refractivity contribution in [3.63, 3.8) is 0 Å². The first-order valence-electron chi connectivity index (χ1n) is 6.55. The van der Waals surface area contributed by atoms with Crippen molar-refractivity contribution in [2.45, 2.75) is 53.9 Å². The highest BCUT2D eigenvalue weighted by Gasteiger charge is 2.25. The Bertz CT molecular complexity index is 200. The third kappa shape index (κ3) is 10.3. The summed E-state index contributed by atoms with van der Waals surface area (Å²) in [5, 5.41) is 10.4. The number of nitrogens with zero attached hydrogens (tertiary/aromatic N) is 1. The van der Waals surface area contributed by atoms with E-state index >= 15 is 0 Å². The highest BCUT2D eigenvalue weighted by Crippen LogP contribution is 2.34. The standard InChI is InChI=1S/C10H20O2.C4H11N/c1-5-8(7-9(11)12)10(3,4)6-2;1-4-5(2)3/h8H,5-7H2,1-4H3,(H,11,12);4H2,1-3H3/p-1. The lowest BCUT2D eigenvalue weighted by molar-refractivity contribution is -0.307. The number of carboxylic acid groups (broad SMARTS) is 1. The summed E-state index contributed by atoms with van der Waals surface area (Å²) in [6, 6.07) is 0. The van der Waals surface area contributed by atoms with Crippen LogP contribution >= 0.6 is 0 Å². The monoisotopic (exact) mass is 244 g/mol. The van der Waals surface area contributed by atoms with Gasteiger partial charge in [0.25, 0.3) is 0 Å². The molecule has 0 radical (unpaired) electrons. The second-order valence-corrected chi connectivity index (χ2v) is 5.42. The summed E-state index contributed by atoms with van der Waals surface area (Å²) in [7, 11) is 4.11. The van der Waals surface area contributed by atoms with Gasteiger partial charge in [0.1, 0.15) is 0 Å². The average molecular weight is 244 g/mol. The van der Waals surface area contributed by atoms with Gasteiger partial charge in [-0.1, -0.05) is 47.5 Å². The SMILES string of the molecule is CCC(CC(=O)[O-])C(C)(C)CC.CCN(C)C. The summed E-state index contributed by atoms with van der Waals surface area (Å²) >= 11 is 0. The van der Waals surface area contributed by atoms with Crippen LogP contribution in [0, 0.1) is 11.3 Å². The van der Waals surface area contributed by atoms with Crippen molar-refractivity contribution in [2.24, 2.45) is 11.3 Å². The zero-order valence-corrected chi connectivity index (χ0v) is 12.7. The summed E-state index contributed by atoms with van der Waals surface area (Å²) in [6.07, 6.45) is 2.12. The summed E-state index contributed by atoms with van der Waals surface area (Å²) < 4.78 is 0. The molecule has 17 heavy (non-hydrogen) atoms. The fourth-order valence-corrected chi connectivity index (χ4v) is 1.46. The summed E-state index contributed by atoms with van der Waals surface area (Å²) in [4.78, 5) is 12.5. The molecule has 1 atom stereocenters. The van der Waals surface area contributed by atoms with Crippen LogP contribution in [0.25, 0.3) is 0 Å². The van der Waals surface area contributed by atoms with Crippen LogP contribution in [0.2, 0.25) is 0 Å². The van der Waals surface area contributed by atoms with Crippen molar-refractivity contribution < 1.29 is 9.90 Å². The zero-order valence-electron chi connectivity index (χ0n) is 12.7. The minimum Gasteiger partial charge on any atom is -0.550 e. The van der Waals surface area contributed by atoms with E-state index in [-0.39, 0.29) is 17.8 Å². The number of aliphatic carboxylic acids is 1. The number of hydrogen-bond donors (Lipinski definition) is 0. The molecule has 1 unspecified atom stereocenters. The first kappa shape index (κ1) is 18.8. The lowest BCUT2D eigenvalue weighted by atomic mass is 9.74. The van der Waals surface area contributed by atoms with Gasteiger partial charge >= 0.3 is 0 Å². The van der Waals surface area contributed by atoms with Crippen molar-refractivity contribution in [3.8, 4) is 0 Å². The molecule has 0 aliphatic heterocycles. The van der Waals surface area contributed by atoms with E-state index in [1.807, 2.05) is 6.92 Å². The summed E-state index contributed by atoms with van der Waals surface area (Å²) in [6.45, 7) is 11.6. The minimum absolute atomic E-state index is 0.120. The van der Waals surface area contributed by atoms with Crippen LogP contribution in [0.4, 0.5) is 0 Å². The number of carbonyl (C=O) groups excluding carboxylic acids is 1. The molecule has 0 saturated heterocycles. The smallest absolute Gasteiger partial charge is 0.0417 e. The van der Waals surface area contributed by atoms with Gasteiger partial charge in [-0.25, -0.2) is 0 Å². The summed E-state index contributed by atoms with van der Waals surface area (Å²) in [5.74, 6) is -0.684. The molecule has 0 bridgehead atoms. The van der Waals surface area contributed by atoms with Crippen LogP contribution in [-0.2, 0) is 4.79 Å². The Kier molecular flexibility index (Phi) is 10.5. The molecular formula is C14H30NO2-. The quantitative estimate of drug-likeness (QED) is 0.719. The third-order valence-electron chi connectivity index (χ3n) is 3.55. The highest BCUT2D eigenvalue weighted by atomic mass is 16.4. The predicted molar refractivity (Wildman–Crippen MR) is 71.7 cm³/mol. The average Bonchev–Trinajstić information content (AvgIpc) is 2.26. The van der Waals surface area contributed by atoms with Crippen molar-refractivity contribution in [1.29, 1.82) is 0 Å². The van der Waals surface area contributed by atoms with Crippen LogP contribution in [0.1, 0.15) is 53.9 Å². The Hall–Kier alpha value is -0.570. The first-order valence-corrected chi connectivity index (χ1v) is 6.55. The Balaban J connectivity index is 0. The largest absolute Gasteiger partial charge is 0.550 e. The molecule has 3 heteroatoms. The van der Waals surface area contributed by atoms with Gasteiger partial charge in [-0.2, -0.15) is 0 Å². The van der Waals surface area contributed by atoms with E-state index < -0.39 is 5.97 Å². The van der Waals surface area contributed by atoms with Gasteiger partial charge in [0.05, 0.1) is 0 Å². The molecule has 0 fully saturated rings. The van der Waals surface area contributed by atoms with Crippen LogP contribution < -0.4 is 5.11 Å². The number of hydrogen-bond acceptors (Lipinski definition) is 3. The Morgan fingerprint density at radius 3 is 1.82 bits per heavy atom. The van der Waals surface area contributed by atoms with Crippen molar-refractivity contribution in [1.82, 2.24) is 4.90 Å². The van der Waals surface area contributed by atoms with E-state index in [2.05, 4.69) is 46.7 Å². The van der Waals surface area contributed by atoms with E-state index in [0.29, 0.717) is 0 Å². The molecule has 0 aromatic rings. The van der Waals surface area contributed by atoms with E-state index in [0.717, 1.165) is 19.4 Å². The fraction of sp³-hybridized carbons (Fsp3) is 0.929. The van der Waals surface area contributed by atoms with Gasteiger partial charge < -0.3 is 14.8 Å².